The van der Waals surface area contributed by atoms with E-state index in [9.17, 15) is 4.39 Å². The Balaban J connectivity index is 2.14. The predicted molar refractivity (Wildman–Crippen MR) is 81.1 cm³/mol. The van der Waals surface area contributed by atoms with E-state index >= 15 is 0 Å². The third-order valence-corrected chi connectivity index (χ3v) is 3.21. The zero-order valence-corrected chi connectivity index (χ0v) is 12.3. The van der Waals surface area contributed by atoms with Crippen LogP contribution in [0.15, 0.2) is 42.5 Å². The van der Waals surface area contributed by atoms with Gasteiger partial charge in [0.2, 0.25) is 0 Å². The van der Waals surface area contributed by atoms with Crippen molar-refractivity contribution in [3.05, 3.63) is 59.4 Å². The summed E-state index contributed by atoms with van der Waals surface area (Å²) in [4.78, 5) is 0. The molecule has 0 saturated carbocycles. The van der Waals surface area contributed by atoms with Gasteiger partial charge in [-0.2, -0.15) is 0 Å². The first-order valence-corrected chi connectivity index (χ1v) is 6.91. The Morgan fingerprint density at radius 2 is 1.86 bits per heavy atom. The number of halogens is 1. The molecule has 0 aliphatic carbocycles. The second-order valence-corrected chi connectivity index (χ2v) is 4.96. The first-order valence-electron chi connectivity index (χ1n) is 6.91. The number of hydrogen-bond donors (Lipinski definition) is 1. The first kappa shape index (κ1) is 15.5. The lowest BCUT2D eigenvalue weighted by Crippen LogP contribution is -2.07. The van der Waals surface area contributed by atoms with E-state index in [2.05, 4.69) is 0 Å². The highest BCUT2D eigenvalue weighted by molar-refractivity contribution is 5.40. The van der Waals surface area contributed by atoms with Gasteiger partial charge in [-0.1, -0.05) is 12.1 Å². The van der Waals surface area contributed by atoms with Gasteiger partial charge in [0, 0.05) is 18.7 Å². The minimum absolute atomic E-state index is 0.295. The van der Waals surface area contributed by atoms with Crippen LogP contribution in [-0.2, 0) is 11.2 Å². The van der Waals surface area contributed by atoms with E-state index in [-0.39, 0.29) is 11.9 Å². The maximum atomic E-state index is 13.3. The van der Waals surface area contributed by atoms with Crippen LogP contribution in [0.2, 0.25) is 0 Å². The van der Waals surface area contributed by atoms with Crippen LogP contribution in [-0.4, -0.2) is 13.7 Å². The smallest absolute Gasteiger partial charge is 0.132 e. The third kappa shape index (κ3) is 4.28. The Morgan fingerprint density at radius 3 is 2.48 bits per heavy atom. The van der Waals surface area contributed by atoms with E-state index in [1.165, 1.54) is 17.7 Å². The highest BCUT2D eigenvalue weighted by atomic mass is 19.1. The average Bonchev–Trinajstić information content (AvgIpc) is 2.48. The molecule has 0 bridgehead atoms. The highest BCUT2D eigenvalue weighted by Crippen LogP contribution is 2.29. The zero-order chi connectivity index (χ0) is 15.2. The normalized spacial score (nSPS) is 12.2. The molecular weight excluding hydrogens is 269 g/mol. The van der Waals surface area contributed by atoms with Gasteiger partial charge in [-0.25, -0.2) is 4.39 Å². The molecule has 21 heavy (non-hydrogen) atoms. The molecule has 0 aromatic heterocycles. The molecule has 0 amide bonds. The Kier molecular flexibility index (Phi) is 5.31. The lowest BCUT2D eigenvalue weighted by atomic mass is 10.1. The molecule has 0 aliphatic rings. The second-order valence-electron chi connectivity index (χ2n) is 4.96. The minimum atomic E-state index is -0.315. The summed E-state index contributed by atoms with van der Waals surface area (Å²) < 4.78 is 24.1. The van der Waals surface area contributed by atoms with E-state index in [0.717, 1.165) is 6.42 Å². The maximum absolute atomic E-state index is 13.3. The van der Waals surface area contributed by atoms with Crippen molar-refractivity contribution >= 4 is 0 Å². The van der Waals surface area contributed by atoms with E-state index in [4.69, 9.17) is 15.2 Å². The second kappa shape index (κ2) is 7.20. The molecular formula is C17H20FNO2. The summed E-state index contributed by atoms with van der Waals surface area (Å²) in [5.74, 6) is 0.963. The SMILES string of the molecule is COCCc1ccc(Oc2ccc(F)cc2[C@@H](C)N)cc1. The Labute approximate surface area is 124 Å². The minimum Gasteiger partial charge on any atom is -0.457 e. The van der Waals surface area contributed by atoms with Gasteiger partial charge in [0.15, 0.2) is 0 Å². The molecule has 0 saturated heterocycles. The quantitative estimate of drug-likeness (QED) is 0.879. The summed E-state index contributed by atoms with van der Waals surface area (Å²) >= 11 is 0. The molecule has 3 nitrogen and oxygen atoms in total. The monoisotopic (exact) mass is 289 g/mol. The molecule has 1 atom stereocenters. The maximum Gasteiger partial charge on any atom is 0.132 e. The molecule has 0 aliphatic heterocycles. The molecule has 2 rings (SSSR count). The fraction of sp³-hybridized carbons (Fsp3) is 0.294. The Bertz CT molecular complexity index is 582. The van der Waals surface area contributed by atoms with Crippen LogP contribution >= 0.6 is 0 Å². The first-order chi connectivity index (χ1) is 10.1. The number of rotatable bonds is 6. The summed E-state index contributed by atoms with van der Waals surface area (Å²) in [6, 6.07) is 11.8. The van der Waals surface area contributed by atoms with Gasteiger partial charge in [-0.05, 0) is 49.2 Å². The fourth-order valence-electron chi connectivity index (χ4n) is 2.04. The van der Waals surface area contributed by atoms with Crippen molar-refractivity contribution in [3.63, 3.8) is 0 Å². The molecule has 2 aromatic carbocycles. The van der Waals surface area contributed by atoms with Crippen LogP contribution in [0.4, 0.5) is 4.39 Å². The van der Waals surface area contributed by atoms with Gasteiger partial charge in [-0.15, -0.1) is 0 Å². The molecule has 4 heteroatoms. The van der Waals surface area contributed by atoms with Crippen molar-refractivity contribution in [2.75, 3.05) is 13.7 Å². The summed E-state index contributed by atoms with van der Waals surface area (Å²) in [6.07, 6.45) is 0.860. The Morgan fingerprint density at radius 1 is 1.14 bits per heavy atom. The van der Waals surface area contributed by atoms with Crippen molar-refractivity contribution < 1.29 is 13.9 Å². The number of benzene rings is 2. The molecule has 0 fully saturated rings. The molecule has 0 radical (unpaired) electrons. The van der Waals surface area contributed by atoms with Crippen LogP contribution in [0.3, 0.4) is 0 Å². The van der Waals surface area contributed by atoms with Gasteiger partial charge in [-0.3, -0.25) is 0 Å². The van der Waals surface area contributed by atoms with Crippen molar-refractivity contribution in [2.45, 2.75) is 19.4 Å². The van der Waals surface area contributed by atoms with Crippen LogP contribution in [0.5, 0.6) is 11.5 Å². The molecule has 0 spiro atoms. The molecule has 2 aromatic rings. The number of ether oxygens (including phenoxy) is 2. The lowest BCUT2D eigenvalue weighted by molar-refractivity contribution is 0.202. The summed E-state index contributed by atoms with van der Waals surface area (Å²) in [6.45, 7) is 2.49. The van der Waals surface area contributed by atoms with Crippen LogP contribution < -0.4 is 10.5 Å². The van der Waals surface area contributed by atoms with E-state index in [1.54, 1.807) is 20.1 Å². The number of methoxy groups -OCH3 is 1. The van der Waals surface area contributed by atoms with E-state index < -0.39 is 0 Å². The fourth-order valence-corrected chi connectivity index (χ4v) is 2.04. The van der Waals surface area contributed by atoms with Crippen molar-refractivity contribution in [1.82, 2.24) is 0 Å². The topological polar surface area (TPSA) is 44.5 Å². The summed E-state index contributed by atoms with van der Waals surface area (Å²) in [5, 5.41) is 0. The molecule has 112 valence electrons. The van der Waals surface area contributed by atoms with Crippen LogP contribution in [0.25, 0.3) is 0 Å². The zero-order valence-electron chi connectivity index (χ0n) is 12.3. The molecule has 2 N–H and O–H groups in total. The largest absolute Gasteiger partial charge is 0.457 e. The van der Waals surface area contributed by atoms with Gasteiger partial charge in [0.1, 0.15) is 17.3 Å². The van der Waals surface area contributed by atoms with Gasteiger partial charge in [0.05, 0.1) is 6.61 Å². The number of hydrogen-bond acceptors (Lipinski definition) is 3. The van der Waals surface area contributed by atoms with Crippen LogP contribution in [0.1, 0.15) is 24.1 Å². The van der Waals surface area contributed by atoms with Crippen molar-refractivity contribution in [2.24, 2.45) is 5.73 Å². The van der Waals surface area contributed by atoms with Crippen LogP contribution in [0, 0.1) is 5.82 Å². The summed E-state index contributed by atoms with van der Waals surface area (Å²) in [5.41, 5.74) is 7.68. The van der Waals surface area contributed by atoms with Gasteiger partial charge >= 0.3 is 0 Å². The molecule has 0 heterocycles. The van der Waals surface area contributed by atoms with Gasteiger partial charge in [0.25, 0.3) is 0 Å². The Hall–Kier alpha value is -1.91. The predicted octanol–water partition coefficient (Wildman–Crippen LogP) is 3.83. The van der Waals surface area contributed by atoms with Gasteiger partial charge < -0.3 is 15.2 Å². The molecule has 0 unspecified atom stereocenters. The number of nitrogens with two attached hydrogens (primary N) is 1. The standard InChI is InChI=1S/C17H20FNO2/c1-12(19)16-11-14(18)5-8-17(16)21-15-6-3-13(4-7-15)9-10-20-2/h3-8,11-12H,9-10,19H2,1-2H3/t12-/m1/s1. The van der Waals surface area contributed by atoms with E-state index in [0.29, 0.717) is 23.7 Å². The van der Waals surface area contributed by atoms with Crippen molar-refractivity contribution in [1.29, 1.82) is 0 Å². The highest BCUT2D eigenvalue weighted by Gasteiger charge is 2.10. The lowest BCUT2D eigenvalue weighted by Gasteiger charge is -2.14. The van der Waals surface area contributed by atoms with Crippen molar-refractivity contribution in [3.8, 4) is 11.5 Å². The summed E-state index contributed by atoms with van der Waals surface area (Å²) in [7, 11) is 1.68. The van der Waals surface area contributed by atoms with E-state index in [1.807, 2.05) is 24.3 Å². The third-order valence-electron chi connectivity index (χ3n) is 3.21. The average molecular weight is 289 g/mol.